The first-order valence-corrected chi connectivity index (χ1v) is 13.8. The van der Waals surface area contributed by atoms with Crippen LogP contribution in [0.15, 0.2) is 24.3 Å². The lowest BCUT2D eigenvalue weighted by atomic mass is 9.74. The Hall–Kier alpha value is -2.19. The molecule has 0 aromatic rings. The van der Waals surface area contributed by atoms with E-state index in [2.05, 4.69) is 34.6 Å². The molecule has 3 amide bonds. The van der Waals surface area contributed by atoms with E-state index in [1.165, 1.54) is 0 Å². The highest BCUT2D eigenvalue weighted by Crippen LogP contribution is 2.57. The molecule has 1 unspecified atom stereocenters. The van der Waals surface area contributed by atoms with Crippen LogP contribution >= 0.6 is 0 Å². The Morgan fingerprint density at radius 3 is 2.27 bits per heavy atom. The van der Waals surface area contributed by atoms with Gasteiger partial charge in [0.25, 0.3) is 0 Å². The summed E-state index contributed by atoms with van der Waals surface area (Å²) in [4.78, 5) is 47.8. The third-order valence-corrected chi connectivity index (χ3v) is 8.38. The maximum Gasteiger partial charge on any atom is 0.249 e. The minimum absolute atomic E-state index is 0.00737. The summed E-state index contributed by atoms with van der Waals surface area (Å²) in [5, 5.41) is 9.59. The van der Waals surface area contributed by atoms with Gasteiger partial charge in [-0.1, -0.05) is 52.0 Å². The van der Waals surface area contributed by atoms with Crippen LogP contribution in [0.25, 0.3) is 0 Å². The number of rotatable bonds is 7. The average molecular weight is 516 g/mol. The van der Waals surface area contributed by atoms with Crippen LogP contribution < -0.4 is 0 Å². The van der Waals surface area contributed by atoms with Crippen molar-refractivity contribution in [2.24, 2.45) is 17.3 Å². The lowest BCUT2D eigenvalue weighted by molar-refractivity contribution is -0.156. The fraction of sp³-hybridized carbons (Fsp3) is 0.759. The van der Waals surface area contributed by atoms with E-state index in [4.69, 9.17) is 4.74 Å². The molecular weight excluding hydrogens is 470 g/mol. The molecule has 0 aliphatic carbocycles. The predicted molar refractivity (Wildman–Crippen MR) is 141 cm³/mol. The summed E-state index contributed by atoms with van der Waals surface area (Å²) in [6.07, 6.45) is 9.67. The van der Waals surface area contributed by atoms with Crippen LogP contribution in [0.4, 0.5) is 0 Å². The average Bonchev–Trinajstić information content (AvgIpc) is 3.03. The molecule has 2 fully saturated rings. The van der Waals surface area contributed by atoms with E-state index in [0.29, 0.717) is 26.1 Å². The highest BCUT2D eigenvalue weighted by atomic mass is 16.5. The Labute approximate surface area is 221 Å². The molecule has 8 nitrogen and oxygen atoms in total. The van der Waals surface area contributed by atoms with Gasteiger partial charge in [0, 0.05) is 38.3 Å². The summed E-state index contributed by atoms with van der Waals surface area (Å²) in [7, 11) is 0. The first kappa shape index (κ1) is 27.8. The molecule has 0 aromatic heterocycles. The molecule has 1 spiro atoms. The Kier molecular flexibility index (Phi) is 7.17. The number of hydrogen-bond donors (Lipinski definition) is 1. The quantitative estimate of drug-likeness (QED) is 0.527. The highest BCUT2D eigenvalue weighted by molar-refractivity contribution is 6.00. The summed E-state index contributed by atoms with van der Waals surface area (Å²) in [5.74, 6) is -2.02. The van der Waals surface area contributed by atoms with E-state index < -0.39 is 34.6 Å². The number of fused-ring (bicyclic) bond motifs is 2. The molecule has 37 heavy (non-hydrogen) atoms. The number of nitrogens with zero attached hydrogens (tertiary/aromatic N) is 3. The normalized spacial score (nSPS) is 34.0. The SMILES string of the molecule is CCCN1CC=C[C@@]2(C)O[C@]34C=CCN(C(C)(C)CC(C)(C)C)C(=O)C3N(CCCO)C(=O)[C@@H]4[C@H]2C1=O. The van der Waals surface area contributed by atoms with Gasteiger partial charge in [0.15, 0.2) is 0 Å². The van der Waals surface area contributed by atoms with Gasteiger partial charge in [0.2, 0.25) is 17.7 Å². The first-order valence-electron chi connectivity index (χ1n) is 13.8. The summed E-state index contributed by atoms with van der Waals surface area (Å²) >= 11 is 0. The predicted octanol–water partition coefficient (Wildman–Crippen LogP) is 2.76. The number of aliphatic hydroxyl groups is 1. The molecule has 4 rings (SSSR count). The number of likely N-dealkylation sites (tertiary alicyclic amines) is 1. The van der Waals surface area contributed by atoms with Crippen LogP contribution in [0.3, 0.4) is 0 Å². The van der Waals surface area contributed by atoms with Crippen molar-refractivity contribution in [1.82, 2.24) is 14.7 Å². The van der Waals surface area contributed by atoms with Gasteiger partial charge < -0.3 is 24.5 Å². The molecular formula is C29H45N3O5. The minimum Gasteiger partial charge on any atom is -0.396 e. The van der Waals surface area contributed by atoms with Crippen molar-refractivity contribution in [3.63, 3.8) is 0 Å². The van der Waals surface area contributed by atoms with E-state index in [9.17, 15) is 19.5 Å². The number of hydrogen-bond acceptors (Lipinski definition) is 5. The first-order chi connectivity index (χ1) is 17.2. The van der Waals surface area contributed by atoms with E-state index in [-0.39, 0.29) is 36.3 Å². The summed E-state index contributed by atoms with van der Waals surface area (Å²) in [5.41, 5.74) is -2.71. The molecule has 2 saturated heterocycles. The number of ether oxygens (including phenoxy) is 1. The summed E-state index contributed by atoms with van der Waals surface area (Å²) in [6, 6.07) is -0.890. The smallest absolute Gasteiger partial charge is 0.249 e. The molecule has 0 bridgehead atoms. The topological polar surface area (TPSA) is 90.4 Å². The zero-order chi connectivity index (χ0) is 27.4. The summed E-state index contributed by atoms with van der Waals surface area (Å²) < 4.78 is 6.84. The van der Waals surface area contributed by atoms with Gasteiger partial charge in [-0.05, 0) is 45.4 Å². The third kappa shape index (κ3) is 4.54. The van der Waals surface area contributed by atoms with Crippen molar-refractivity contribution in [3.8, 4) is 0 Å². The zero-order valence-electron chi connectivity index (χ0n) is 23.6. The van der Waals surface area contributed by atoms with Crippen molar-refractivity contribution in [1.29, 1.82) is 0 Å². The molecule has 8 heteroatoms. The molecule has 5 atom stereocenters. The number of amides is 3. The van der Waals surface area contributed by atoms with Crippen molar-refractivity contribution in [2.75, 3.05) is 32.8 Å². The monoisotopic (exact) mass is 515 g/mol. The highest BCUT2D eigenvalue weighted by Gasteiger charge is 2.74. The van der Waals surface area contributed by atoms with Gasteiger partial charge in [-0.2, -0.15) is 0 Å². The lowest BCUT2D eigenvalue weighted by Gasteiger charge is -2.44. The molecule has 0 aromatic carbocycles. The molecule has 4 heterocycles. The molecule has 4 aliphatic rings. The Morgan fingerprint density at radius 2 is 1.65 bits per heavy atom. The fourth-order valence-electron chi connectivity index (χ4n) is 7.46. The van der Waals surface area contributed by atoms with E-state index in [1.807, 2.05) is 43.1 Å². The second kappa shape index (κ2) is 9.53. The standard InChI is InChI=1S/C29H45N3O5/c1-8-14-30-15-9-12-28(7)20(23(30)34)21-24(35)31(16-11-18-33)22-25(36)32(17-10-13-29(21,22)37-28)27(5,6)19-26(2,3)4/h9-10,12-13,20-22,33H,8,11,14-19H2,1-7H3/t20-,21-,22?,28+,29-/m0/s1. The second-order valence-electron chi connectivity index (χ2n) is 13.2. The number of aliphatic hydroxyl groups excluding tert-OH is 1. The van der Waals surface area contributed by atoms with Gasteiger partial charge in [0.1, 0.15) is 11.6 Å². The molecule has 4 aliphatic heterocycles. The largest absolute Gasteiger partial charge is 0.396 e. The van der Waals surface area contributed by atoms with Crippen molar-refractivity contribution < 1.29 is 24.2 Å². The Balaban J connectivity index is 1.83. The van der Waals surface area contributed by atoms with Crippen LogP contribution in [0.1, 0.15) is 67.7 Å². The third-order valence-electron chi connectivity index (χ3n) is 8.38. The molecule has 0 saturated carbocycles. The van der Waals surface area contributed by atoms with E-state index in [0.717, 1.165) is 12.8 Å². The molecule has 1 N–H and O–H groups in total. The number of carbonyl (C=O) groups excluding carboxylic acids is 3. The minimum atomic E-state index is -1.25. The molecule has 0 radical (unpaired) electrons. The van der Waals surface area contributed by atoms with Gasteiger partial charge >= 0.3 is 0 Å². The number of carbonyl (C=O) groups is 3. The summed E-state index contributed by atoms with van der Waals surface area (Å²) in [6.45, 7) is 16.2. The maximum absolute atomic E-state index is 14.5. The van der Waals surface area contributed by atoms with E-state index >= 15 is 0 Å². The van der Waals surface area contributed by atoms with Gasteiger partial charge in [-0.15, -0.1) is 0 Å². The molecule has 206 valence electrons. The lowest BCUT2D eigenvalue weighted by Crippen LogP contribution is -2.60. The van der Waals surface area contributed by atoms with Crippen LogP contribution in [0.2, 0.25) is 0 Å². The van der Waals surface area contributed by atoms with Crippen molar-refractivity contribution in [2.45, 2.75) is 90.5 Å². The van der Waals surface area contributed by atoms with Gasteiger partial charge in [-0.3, -0.25) is 14.4 Å². The van der Waals surface area contributed by atoms with Crippen LogP contribution in [-0.4, -0.2) is 93.1 Å². The van der Waals surface area contributed by atoms with Crippen LogP contribution in [0.5, 0.6) is 0 Å². The van der Waals surface area contributed by atoms with Gasteiger partial charge in [0.05, 0.1) is 17.4 Å². The zero-order valence-corrected chi connectivity index (χ0v) is 23.6. The maximum atomic E-state index is 14.5. The van der Waals surface area contributed by atoms with Crippen LogP contribution in [0, 0.1) is 17.3 Å². The van der Waals surface area contributed by atoms with Crippen molar-refractivity contribution >= 4 is 17.7 Å². The van der Waals surface area contributed by atoms with Gasteiger partial charge in [-0.25, -0.2) is 0 Å². The van der Waals surface area contributed by atoms with Crippen molar-refractivity contribution in [3.05, 3.63) is 24.3 Å². The Bertz CT molecular complexity index is 998. The fourth-order valence-corrected chi connectivity index (χ4v) is 7.46. The van der Waals surface area contributed by atoms with Crippen LogP contribution in [-0.2, 0) is 19.1 Å². The Morgan fingerprint density at radius 1 is 0.973 bits per heavy atom. The van der Waals surface area contributed by atoms with E-state index in [1.54, 1.807) is 9.80 Å². The second-order valence-corrected chi connectivity index (χ2v) is 13.2.